The number of rotatable bonds is 4. The fourth-order valence-electron chi connectivity index (χ4n) is 2.55. The fraction of sp³-hybridized carbons (Fsp3) is 0.200. The molecule has 0 saturated carbocycles. The van der Waals surface area contributed by atoms with Crippen molar-refractivity contribution in [2.75, 3.05) is 20.3 Å². The van der Waals surface area contributed by atoms with Gasteiger partial charge in [0.1, 0.15) is 12.4 Å². The third-order valence-corrected chi connectivity index (χ3v) is 3.44. The van der Waals surface area contributed by atoms with E-state index in [9.17, 15) is 9.59 Å². The summed E-state index contributed by atoms with van der Waals surface area (Å²) in [5, 5.41) is 11.1. The Kier molecular flexibility index (Phi) is 3.32. The molecule has 2 aromatic carbocycles. The molecule has 108 valence electrons. The van der Waals surface area contributed by atoms with Gasteiger partial charge in [-0.3, -0.25) is 9.59 Å². The Bertz CT molecular complexity index is 720. The summed E-state index contributed by atoms with van der Waals surface area (Å²) in [4.78, 5) is 24.7. The lowest BCUT2D eigenvalue weighted by Crippen LogP contribution is -2.47. The number of amides is 2. The summed E-state index contributed by atoms with van der Waals surface area (Å²) in [5.41, 5.74) is 3.51. The van der Waals surface area contributed by atoms with E-state index in [1.54, 1.807) is 30.3 Å². The van der Waals surface area contributed by atoms with Crippen molar-refractivity contribution >= 4 is 22.6 Å². The number of hydrogen-bond donors (Lipinski definition) is 2. The van der Waals surface area contributed by atoms with E-state index in [-0.39, 0.29) is 25.0 Å². The monoisotopic (exact) mass is 286 g/mol. The molecule has 0 radical (unpaired) electrons. The van der Waals surface area contributed by atoms with E-state index in [0.717, 1.165) is 5.01 Å². The quantitative estimate of drug-likeness (QED) is 0.818. The Morgan fingerprint density at radius 1 is 1.14 bits per heavy atom. The zero-order chi connectivity index (χ0) is 15.0. The molecule has 0 fully saturated rings. The number of carbonyl (C=O) groups excluding carboxylic acids is 2. The molecule has 6 nitrogen and oxygen atoms in total. The van der Waals surface area contributed by atoms with Crippen molar-refractivity contribution in [3.63, 3.8) is 0 Å². The molecule has 3 rings (SSSR count). The van der Waals surface area contributed by atoms with Crippen LogP contribution in [0.2, 0.25) is 0 Å². The van der Waals surface area contributed by atoms with Gasteiger partial charge in [0.2, 0.25) is 0 Å². The molecule has 0 bridgehead atoms. The summed E-state index contributed by atoms with van der Waals surface area (Å²) in [7, 11) is 1.53. The van der Waals surface area contributed by atoms with E-state index >= 15 is 0 Å². The van der Waals surface area contributed by atoms with Gasteiger partial charge in [-0.25, -0.2) is 10.4 Å². The van der Waals surface area contributed by atoms with Crippen LogP contribution in [-0.2, 0) is 0 Å². The van der Waals surface area contributed by atoms with Crippen LogP contribution < -0.4 is 10.2 Å². The molecule has 2 aromatic rings. The Morgan fingerprint density at radius 2 is 1.86 bits per heavy atom. The van der Waals surface area contributed by atoms with Gasteiger partial charge >= 0.3 is 0 Å². The predicted molar refractivity (Wildman–Crippen MR) is 76.1 cm³/mol. The van der Waals surface area contributed by atoms with Crippen molar-refractivity contribution in [3.05, 3.63) is 41.5 Å². The van der Waals surface area contributed by atoms with Gasteiger partial charge in [0.15, 0.2) is 0 Å². The first-order chi connectivity index (χ1) is 10.2. The molecule has 21 heavy (non-hydrogen) atoms. The lowest BCUT2D eigenvalue weighted by atomic mass is 9.94. The molecule has 0 aromatic heterocycles. The van der Waals surface area contributed by atoms with Crippen molar-refractivity contribution in [2.24, 2.45) is 0 Å². The summed E-state index contributed by atoms with van der Waals surface area (Å²) in [6.45, 7) is 0.0531. The minimum atomic E-state index is -0.389. The Labute approximate surface area is 120 Å². The first-order valence-electron chi connectivity index (χ1n) is 6.54. The number of imide groups is 1. The average Bonchev–Trinajstić information content (AvgIpc) is 2.51. The van der Waals surface area contributed by atoms with E-state index in [1.165, 1.54) is 7.05 Å². The highest BCUT2D eigenvalue weighted by Crippen LogP contribution is 2.34. The van der Waals surface area contributed by atoms with Crippen LogP contribution in [0.3, 0.4) is 0 Å². The SMILES string of the molecule is CNN1C(=O)c2cccc3c(OCCO)ccc(c23)C1=O. The number of aliphatic hydroxyl groups is 1. The molecule has 0 aliphatic carbocycles. The average molecular weight is 286 g/mol. The topological polar surface area (TPSA) is 78.9 Å². The van der Waals surface area contributed by atoms with E-state index in [2.05, 4.69) is 5.43 Å². The summed E-state index contributed by atoms with van der Waals surface area (Å²) < 4.78 is 5.47. The Morgan fingerprint density at radius 3 is 2.52 bits per heavy atom. The largest absolute Gasteiger partial charge is 0.491 e. The zero-order valence-corrected chi connectivity index (χ0v) is 11.4. The van der Waals surface area contributed by atoms with E-state index < -0.39 is 0 Å². The van der Waals surface area contributed by atoms with Gasteiger partial charge in [-0.15, -0.1) is 0 Å². The molecule has 0 spiro atoms. The minimum absolute atomic E-state index is 0.103. The smallest absolute Gasteiger partial charge is 0.275 e. The maximum Gasteiger partial charge on any atom is 0.275 e. The minimum Gasteiger partial charge on any atom is -0.491 e. The van der Waals surface area contributed by atoms with Crippen LogP contribution in [0.1, 0.15) is 20.7 Å². The summed E-state index contributed by atoms with van der Waals surface area (Å²) in [6, 6.07) is 8.54. The molecule has 0 saturated heterocycles. The number of aliphatic hydroxyl groups excluding tert-OH is 1. The number of hydrazine groups is 1. The first kappa shape index (κ1) is 13.5. The van der Waals surface area contributed by atoms with Gasteiger partial charge in [-0.2, -0.15) is 0 Å². The first-order valence-corrected chi connectivity index (χ1v) is 6.54. The number of ether oxygens (including phenoxy) is 1. The van der Waals surface area contributed by atoms with E-state index in [1.807, 2.05) is 0 Å². The molecule has 1 heterocycles. The highest BCUT2D eigenvalue weighted by molar-refractivity contribution is 6.25. The number of carbonyl (C=O) groups is 2. The Hall–Kier alpha value is -2.44. The Balaban J connectivity index is 2.26. The van der Waals surface area contributed by atoms with E-state index in [4.69, 9.17) is 9.84 Å². The van der Waals surface area contributed by atoms with Gasteiger partial charge in [0, 0.05) is 17.8 Å². The van der Waals surface area contributed by atoms with Crippen LogP contribution in [0.4, 0.5) is 0 Å². The maximum atomic E-state index is 12.3. The third-order valence-electron chi connectivity index (χ3n) is 3.44. The lowest BCUT2D eigenvalue weighted by Gasteiger charge is -2.26. The van der Waals surface area contributed by atoms with Gasteiger partial charge in [-0.05, 0) is 18.2 Å². The number of hydrogen-bond acceptors (Lipinski definition) is 5. The van der Waals surface area contributed by atoms with Crippen LogP contribution in [-0.4, -0.2) is 42.2 Å². The van der Waals surface area contributed by atoms with Crippen LogP contribution in [0.15, 0.2) is 30.3 Å². The fourth-order valence-corrected chi connectivity index (χ4v) is 2.55. The molecule has 2 amide bonds. The van der Waals surface area contributed by atoms with Gasteiger partial charge in [-0.1, -0.05) is 12.1 Å². The van der Waals surface area contributed by atoms with Crippen LogP contribution in [0.5, 0.6) is 5.75 Å². The summed E-state index contributed by atoms with van der Waals surface area (Å²) in [6.07, 6.45) is 0. The van der Waals surface area contributed by atoms with Crippen molar-refractivity contribution in [3.8, 4) is 5.75 Å². The van der Waals surface area contributed by atoms with Crippen molar-refractivity contribution in [1.82, 2.24) is 10.4 Å². The van der Waals surface area contributed by atoms with Gasteiger partial charge < -0.3 is 9.84 Å². The second-order valence-electron chi connectivity index (χ2n) is 4.58. The number of nitrogens with zero attached hydrogens (tertiary/aromatic N) is 1. The van der Waals surface area contributed by atoms with Crippen molar-refractivity contribution in [2.45, 2.75) is 0 Å². The maximum absolute atomic E-state index is 12.3. The summed E-state index contributed by atoms with van der Waals surface area (Å²) in [5.74, 6) is -0.233. The van der Waals surface area contributed by atoms with Crippen molar-refractivity contribution in [1.29, 1.82) is 0 Å². The molecule has 6 heteroatoms. The lowest BCUT2D eigenvalue weighted by molar-refractivity contribution is 0.0540. The number of benzene rings is 2. The van der Waals surface area contributed by atoms with Crippen LogP contribution in [0.25, 0.3) is 10.8 Å². The van der Waals surface area contributed by atoms with E-state index in [0.29, 0.717) is 27.6 Å². The second kappa shape index (κ2) is 5.16. The van der Waals surface area contributed by atoms with Gasteiger partial charge in [0.25, 0.3) is 11.8 Å². The summed E-state index contributed by atoms with van der Waals surface area (Å²) >= 11 is 0. The number of nitrogens with one attached hydrogen (secondary N) is 1. The molecule has 1 aliphatic rings. The molecular formula is C15H14N2O4. The van der Waals surface area contributed by atoms with Gasteiger partial charge in [0.05, 0.1) is 17.7 Å². The van der Waals surface area contributed by atoms with Crippen LogP contribution >= 0.6 is 0 Å². The molecular weight excluding hydrogens is 272 g/mol. The third kappa shape index (κ3) is 1.96. The highest BCUT2D eigenvalue weighted by atomic mass is 16.5. The normalized spacial score (nSPS) is 13.9. The molecule has 1 aliphatic heterocycles. The predicted octanol–water partition coefficient (Wildman–Crippen LogP) is 0.941. The molecule has 0 atom stereocenters. The van der Waals surface area contributed by atoms with Crippen molar-refractivity contribution < 1.29 is 19.4 Å². The second-order valence-corrected chi connectivity index (χ2v) is 4.58. The highest BCUT2D eigenvalue weighted by Gasteiger charge is 2.32. The van der Waals surface area contributed by atoms with Crippen LogP contribution in [0, 0.1) is 0 Å². The molecule has 0 unspecified atom stereocenters. The standard InChI is InChI=1S/C15H14N2O4/c1-16-17-14(19)10-4-2-3-9-12(21-8-7-18)6-5-11(13(9)10)15(17)20/h2-6,16,18H,7-8H2,1H3. The zero-order valence-electron chi connectivity index (χ0n) is 11.4. The molecule has 2 N–H and O–H groups in total.